The molecule has 4 nitrogen and oxygen atoms in total. The van der Waals surface area contributed by atoms with Crippen molar-refractivity contribution in [3.8, 4) is 5.75 Å². The fourth-order valence-electron chi connectivity index (χ4n) is 5.90. The van der Waals surface area contributed by atoms with Gasteiger partial charge < -0.3 is 18.6 Å². The second-order valence-corrected chi connectivity index (χ2v) is 16.4. The predicted octanol–water partition coefficient (Wildman–Crippen LogP) is 7.60. The van der Waals surface area contributed by atoms with E-state index in [0.717, 1.165) is 30.9 Å². The van der Waals surface area contributed by atoms with Crippen LogP contribution in [-0.2, 0) is 13.9 Å². The minimum Gasteiger partial charge on any atom is -0.497 e. The molecule has 1 heterocycles. The molecule has 0 bridgehead atoms. The third-order valence-electron chi connectivity index (χ3n) is 7.40. The quantitative estimate of drug-likeness (QED) is 0.316. The highest BCUT2D eigenvalue weighted by atomic mass is 28.4. The van der Waals surface area contributed by atoms with Gasteiger partial charge in [-0.1, -0.05) is 74.4 Å². The van der Waals surface area contributed by atoms with Gasteiger partial charge in [0.15, 0.2) is 14.6 Å². The van der Waals surface area contributed by atoms with Crippen LogP contribution in [0.1, 0.15) is 80.6 Å². The topological polar surface area (TPSA) is 36.9 Å². The first-order valence-corrected chi connectivity index (χ1v) is 14.7. The highest BCUT2D eigenvalue weighted by Gasteiger charge is 2.45. The van der Waals surface area contributed by atoms with Gasteiger partial charge in [0.05, 0.1) is 19.8 Å². The van der Waals surface area contributed by atoms with E-state index in [-0.39, 0.29) is 12.4 Å². The first kappa shape index (κ1) is 27.4. The molecule has 1 aliphatic rings. The van der Waals surface area contributed by atoms with Gasteiger partial charge in [-0.3, -0.25) is 0 Å². The monoisotopic (exact) mass is 464 g/mol. The van der Waals surface area contributed by atoms with Crippen molar-refractivity contribution in [2.45, 2.75) is 97.8 Å². The zero-order valence-corrected chi connectivity index (χ0v) is 23.2. The minimum absolute atomic E-state index is 0.181. The van der Waals surface area contributed by atoms with Crippen LogP contribution in [0.25, 0.3) is 0 Å². The van der Waals surface area contributed by atoms with Gasteiger partial charge in [-0.05, 0) is 47.0 Å². The summed E-state index contributed by atoms with van der Waals surface area (Å²) in [5, 5.41) is 0. The number of benzene rings is 1. The zero-order chi connectivity index (χ0) is 24.1. The Hall–Kier alpha value is -0.883. The van der Waals surface area contributed by atoms with Crippen molar-refractivity contribution in [3.63, 3.8) is 0 Å². The smallest absolute Gasteiger partial charge is 0.200 e. The van der Waals surface area contributed by atoms with E-state index in [0.29, 0.717) is 34.4 Å². The highest BCUT2D eigenvalue weighted by Crippen LogP contribution is 2.43. The number of hydrogen-bond acceptors (Lipinski definition) is 4. The fourth-order valence-corrected chi connectivity index (χ4v) is 11.5. The molecule has 0 N–H and O–H groups in total. The normalized spacial score (nSPS) is 24.2. The van der Waals surface area contributed by atoms with Gasteiger partial charge in [0.2, 0.25) is 0 Å². The maximum absolute atomic E-state index is 6.86. The van der Waals surface area contributed by atoms with Gasteiger partial charge in [-0.15, -0.1) is 0 Å². The van der Waals surface area contributed by atoms with Crippen molar-refractivity contribution >= 4 is 8.32 Å². The SMILES string of the molecule is COc1ccc([C@@H]2OC[C@H](C)[C@H]([C@@H](C)C[C@@H](C)CO[Si](C(C)C)(C(C)C)C(C)C)O2)cc1. The van der Waals surface area contributed by atoms with Crippen LogP contribution in [-0.4, -0.2) is 34.7 Å². The van der Waals surface area contributed by atoms with Crippen LogP contribution in [0.3, 0.4) is 0 Å². The molecular formula is C27H48O4Si. The largest absolute Gasteiger partial charge is 0.497 e. The molecule has 1 saturated heterocycles. The lowest BCUT2D eigenvalue weighted by molar-refractivity contribution is -0.250. The van der Waals surface area contributed by atoms with Gasteiger partial charge in [-0.2, -0.15) is 0 Å². The van der Waals surface area contributed by atoms with Crippen molar-refractivity contribution in [1.82, 2.24) is 0 Å². The zero-order valence-electron chi connectivity index (χ0n) is 22.2. The molecule has 0 amide bonds. The first-order chi connectivity index (χ1) is 15.0. The van der Waals surface area contributed by atoms with E-state index >= 15 is 0 Å². The Balaban J connectivity index is 1.99. The van der Waals surface area contributed by atoms with Gasteiger partial charge in [0, 0.05) is 18.1 Å². The number of methoxy groups -OCH3 is 1. The average molecular weight is 465 g/mol. The summed E-state index contributed by atoms with van der Waals surface area (Å²) in [7, 11) is -0.135. The Kier molecular flexibility index (Phi) is 10.3. The summed E-state index contributed by atoms with van der Waals surface area (Å²) in [6.45, 7) is 22.6. The Bertz CT molecular complexity index is 651. The molecule has 1 aliphatic heterocycles. The Morgan fingerprint density at radius 1 is 0.938 bits per heavy atom. The molecule has 0 spiro atoms. The van der Waals surface area contributed by atoms with Crippen molar-refractivity contribution in [3.05, 3.63) is 29.8 Å². The summed E-state index contributed by atoms with van der Waals surface area (Å²) in [5.41, 5.74) is 2.91. The number of rotatable bonds is 11. The maximum Gasteiger partial charge on any atom is 0.200 e. The van der Waals surface area contributed by atoms with E-state index in [9.17, 15) is 0 Å². The van der Waals surface area contributed by atoms with Crippen LogP contribution in [0.2, 0.25) is 16.6 Å². The third-order valence-corrected chi connectivity index (χ3v) is 13.5. The first-order valence-electron chi connectivity index (χ1n) is 12.6. The Labute approximate surface area is 198 Å². The number of hydrogen-bond donors (Lipinski definition) is 0. The Morgan fingerprint density at radius 3 is 2.00 bits per heavy atom. The molecule has 1 fully saturated rings. The highest BCUT2D eigenvalue weighted by molar-refractivity contribution is 6.77. The van der Waals surface area contributed by atoms with Crippen molar-refractivity contribution in [2.24, 2.45) is 17.8 Å². The van der Waals surface area contributed by atoms with Crippen LogP contribution in [0.5, 0.6) is 5.75 Å². The molecular weight excluding hydrogens is 416 g/mol. The van der Waals surface area contributed by atoms with Crippen molar-refractivity contribution < 1.29 is 18.6 Å². The Morgan fingerprint density at radius 2 is 1.50 bits per heavy atom. The third kappa shape index (κ3) is 6.37. The van der Waals surface area contributed by atoms with Gasteiger partial charge in [0.25, 0.3) is 0 Å². The van der Waals surface area contributed by atoms with E-state index in [4.69, 9.17) is 18.6 Å². The lowest BCUT2D eigenvalue weighted by Gasteiger charge is -2.43. The molecule has 1 aromatic carbocycles. The summed E-state index contributed by atoms with van der Waals surface area (Å²) in [6, 6.07) is 8.00. The lowest BCUT2D eigenvalue weighted by Crippen LogP contribution is -2.48. The molecule has 0 unspecified atom stereocenters. The van der Waals surface area contributed by atoms with Crippen LogP contribution in [0, 0.1) is 17.8 Å². The molecule has 0 aliphatic carbocycles. The van der Waals surface area contributed by atoms with Crippen molar-refractivity contribution in [1.29, 1.82) is 0 Å². The van der Waals surface area contributed by atoms with Crippen LogP contribution >= 0.6 is 0 Å². The summed E-state index contributed by atoms with van der Waals surface area (Å²) >= 11 is 0. The van der Waals surface area contributed by atoms with Crippen LogP contribution < -0.4 is 4.74 Å². The van der Waals surface area contributed by atoms with Gasteiger partial charge >= 0.3 is 0 Å². The molecule has 5 heteroatoms. The van der Waals surface area contributed by atoms with E-state index in [1.165, 1.54) is 0 Å². The standard InChI is InChI=1S/C27H48O4Si/c1-18(2)32(19(3)4,20(5)6)30-16-21(7)15-22(8)26-23(9)17-29-27(31-26)24-11-13-25(28-10)14-12-24/h11-14,18-23,26-27H,15-17H2,1-10H3/t21-,22+,23+,26+,27-/m1/s1. The molecule has 0 radical (unpaired) electrons. The van der Waals surface area contributed by atoms with Gasteiger partial charge in [0.1, 0.15) is 5.75 Å². The van der Waals surface area contributed by atoms with Crippen molar-refractivity contribution in [2.75, 3.05) is 20.3 Å². The predicted molar refractivity (Wildman–Crippen MR) is 136 cm³/mol. The summed E-state index contributed by atoms with van der Waals surface area (Å²) < 4.78 is 24.7. The molecule has 2 rings (SSSR count). The summed E-state index contributed by atoms with van der Waals surface area (Å²) in [6.07, 6.45) is 0.975. The average Bonchev–Trinajstić information content (AvgIpc) is 2.73. The fraction of sp³-hybridized carbons (Fsp3) is 0.778. The molecule has 32 heavy (non-hydrogen) atoms. The summed E-state index contributed by atoms with van der Waals surface area (Å²) in [4.78, 5) is 0. The molecule has 0 saturated carbocycles. The second-order valence-electron chi connectivity index (χ2n) is 11.0. The molecule has 5 atom stereocenters. The molecule has 0 aromatic heterocycles. The number of ether oxygens (including phenoxy) is 3. The van der Waals surface area contributed by atoms with E-state index < -0.39 is 8.32 Å². The van der Waals surface area contributed by atoms with Crippen LogP contribution in [0.15, 0.2) is 24.3 Å². The van der Waals surface area contributed by atoms with E-state index in [1.807, 2.05) is 24.3 Å². The summed E-state index contributed by atoms with van der Waals surface area (Å²) in [5.74, 6) is 2.18. The molecule has 1 aromatic rings. The second kappa shape index (κ2) is 12.0. The van der Waals surface area contributed by atoms with Gasteiger partial charge in [-0.25, -0.2) is 0 Å². The van der Waals surface area contributed by atoms with E-state index in [1.54, 1.807) is 7.11 Å². The van der Waals surface area contributed by atoms with Crippen LogP contribution in [0.4, 0.5) is 0 Å². The molecule has 184 valence electrons. The minimum atomic E-state index is -1.82. The van der Waals surface area contributed by atoms with E-state index in [2.05, 4.69) is 62.3 Å². The lowest BCUT2D eigenvalue weighted by atomic mass is 9.86. The maximum atomic E-state index is 6.86.